The van der Waals surface area contributed by atoms with Gasteiger partial charge in [-0.15, -0.1) is 5.10 Å². The van der Waals surface area contributed by atoms with Crippen LogP contribution in [0.15, 0.2) is 82.3 Å². The molecule has 196 valence electrons. The number of nitrogens with zero attached hydrogens (tertiary/aromatic N) is 5. The van der Waals surface area contributed by atoms with E-state index < -0.39 is 0 Å². The van der Waals surface area contributed by atoms with E-state index in [9.17, 15) is 4.79 Å². The highest BCUT2D eigenvalue weighted by Crippen LogP contribution is 2.29. The van der Waals surface area contributed by atoms with Crippen LogP contribution in [0.3, 0.4) is 0 Å². The second kappa shape index (κ2) is 10.3. The maximum absolute atomic E-state index is 13.3. The third kappa shape index (κ3) is 5.00. The fourth-order valence-corrected chi connectivity index (χ4v) is 5.18. The second-order valence-corrected chi connectivity index (χ2v) is 10.8. The van der Waals surface area contributed by atoms with Crippen molar-refractivity contribution >= 4 is 22.4 Å². The van der Waals surface area contributed by atoms with Crippen molar-refractivity contribution in [3.63, 3.8) is 0 Å². The van der Waals surface area contributed by atoms with Gasteiger partial charge in [-0.3, -0.25) is 4.79 Å². The Kier molecular flexibility index (Phi) is 6.58. The van der Waals surface area contributed by atoms with Crippen molar-refractivity contribution in [2.75, 3.05) is 6.61 Å². The number of para-hydroxylation sites is 1. The lowest BCUT2D eigenvalue weighted by atomic mass is 10.0. The molecule has 0 spiro atoms. The SMILES string of the molecule is Cc1cc(-c2nn(-c3ccccc3)cc2C=c2sc3nc(-c4ccco4)nn3c2=O)ccc1OCCC(C)C. The van der Waals surface area contributed by atoms with Crippen LogP contribution >= 0.6 is 11.3 Å². The minimum absolute atomic E-state index is 0.233. The van der Waals surface area contributed by atoms with Crippen LogP contribution in [0.1, 0.15) is 31.4 Å². The van der Waals surface area contributed by atoms with Gasteiger partial charge < -0.3 is 9.15 Å². The first-order valence-electron chi connectivity index (χ1n) is 12.8. The lowest BCUT2D eigenvalue weighted by Crippen LogP contribution is -2.23. The van der Waals surface area contributed by atoms with Gasteiger partial charge in [0, 0.05) is 17.3 Å². The van der Waals surface area contributed by atoms with E-state index in [1.807, 2.05) is 66.3 Å². The molecule has 0 aliphatic heterocycles. The Hall–Kier alpha value is -4.50. The highest BCUT2D eigenvalue weighted by Gasteiger charge is 2.16. The van der Waals surface area contributed by atoms with E-state index in [0.717, 1.165) is 40.2 Å². The molecule has 0 fully saturated rings. The van der Waals surface area contributed by atoms with Crippen LogP contribution in [0.4, 0.5) is 0 Å². The van der Waals surface area contributed by atoms with Gasteiger partial charge in [-0.25, -0.2) is 4.68 Å². The third-order valence-electron chi connectivity index (χ3n) is 6.37. The average Bonchev–Trinajstić information content (AvgIpc) is 3.72. The van der Waals surface area contributed by atoms with E-state index in [1.54, 1.807) is 18.4 Å². The summed E-state index contributed by atoms with van der Waals surface area (Å²) in [6.45, 7) is 7.10. The first-order valence-corrected chi connectivity index (χ1v) is 13.6. The lowest BCUT2D eigenvalue weighted by molar-refractivity contribution is 0.288. The van der Waals surface area contributed by atoms with Crippen LogP contribution in [-0.2, 0) is 0 Å². The van der Waals surface area contributed by atoms with Crippen LogP contribution in [0.25, 0.3) is 39.6 Å². The summed E-state index contributed by atoms with van der Waals surface area (Å²) in [6.07, 6.45) is 6.36. The van der Waals surface area contributed by atoms with Crippen molar-refractivity contribution in [3.05, 3.63) is 99.1 Å². The normalized spacial score (nSPS) is 12.2. The number of hydrogen-bond donors (Lipinski definition) is 0. The van der Waals surface area contributed by atoms with E-state index in [4.69, 9.17) is 14.3 Å². The molecule has 4 aromatic heterocycles. The number of aryl methyl sites for hydroxylation is 1. The van der Waals surface area contributed by atoms with Gasteiger partial charge in [0.05, 0.1) is 23.1 Å². The molecule has 0 saturated heterocycles. The molecule has 9 heteroatoms. The summed E-state index contributed by atoms with van der Waals surface area (Å²) in [7, 11) is 0. The van der Waals surface area contributed by atoms with Gasteiger partial charge in [0.15, 0.2) is 5.76 Å². The van der Waals surface area contributed by atoms with Gasteiger partial charge >= 0.3 is 0 Å². The standard InChI is InChI=1S/C30H27N5O3S/c1-19(2)13-15-38-24-12-11-21(16-20(24)3)27-22(18-34(32-27)23-8-5-4-6-9-23)17-26-29(36)35-30(39-26)31-28(33-35)25-10-7-14-37-25/h4-12,14,16-19H,13,15H2,1-3H3. The van der Waals surface area contributed by atoms with E-state index in [-0.39, 0.29) is 5.56 Å². The minimum atomic E-state index is -0.233. The predicted octanol–water partition coefficient (Wildman–Crippen LogP) is 5.54. The topological polar surface area (TPSA) is 87.5 Å². The van der Waals surface area contributed by atoms with Crippen molar-refractivity contribution in [2.45, 2.75) is 27.2 Å². The monoisotopic (exact) mass is 537 g/mol. The number of thiazole rings is 1. The summed E-state index contributed by atoms with van der Waals surface area (Å²) in [5.41, 5.74) is 4.26. The molecule has 2 aromatic carbocycles. The third-order valence-corrected chi connectivity index (χ3v) is 7.33. The molecule has 0 radical (unpaired) electrons. The summed E-state index contributed by atoms with van der Waals surface area (Å²) >= 11 is 1.29. The Morgan fingerprint density at radius 3 is 2.64 bits per heavy atom. The Bertz CT molecular complexity index is 1850. The van der Waals surface area contributed by atoms with E-state index in [1.165, 1.54) is 15.9 Å². The van der Waals surface area contributed by atoms with Crippen LogP contribution < -0.4 is 14.8 Å². The number of rotatable bonds is 8. The molecule has 0 aliphatic carbocycles. The lowest BCUT2D eigenvalue weighted by Gasteiger charge is -2.11. The van der Waals surface area contributed by atoms with Crippen molar-refractivity contribution in [1.82, 2.24) is 24.4 Å². The summed E-state index contributed by atoms with van der Waals surface area (Å²) in [6, 6.07) is 19.5. The highest BCUT2D eigenvalue weighted by atomic mass is 32.1. The predicted molar refractivity (Wildman–Crippen MR) is 152 cm³/mol. The number of ether oxygens (including phenoxy) is 1. The molecule has 0 N–H and O–H groups in total. The highest BCUT2D eigenvalue weighted by molar-refractivity contribution is 7.15. The largest absolute Gasteiger partial charge is 0.493 e. The number of benzene rings is 2. The molecule has 0 unspecified atom stereocenters. The molecule has 6 rings (SSSR count). The first kappa shape index (κ1) is 24.8. The number of aromatic nitrogens is 5. The maximum atomic E-state index is 13.3. The molecule has 4 heterocycles. The van der Waals surface area contributed by atoms with Crippen LogP contribution in [0.2, 0.25) is 0 Å². The molecule has 8 nitrogen and oxygen atoms in total. The fraction of sp³-hybridized carbons (Fsp3) is 0.200. The number of furan rings is 1. The van der Waals surface area contributed by atoms with E-state index >= 15 is 0 Å². The van der Waals surface area contributed by atoms with Crippen LogP contribution in [0, 0.1) is 12.8 Å². The molecule has 0 saturated carbocycles. The van der Waals surface area contributed by atoms with Gasteiger partial charge in [-0.05, 0) is 73.4 Å². The summed E-state index contributed by atoms with van der Waals surface area (Å²) in [5, 5.41) is 9.28. The van der Waals surface area contributed by atoms with Crippen molar-refractivity contribution in [2.24, 2.45) is 5.92 Å². The molecule has 0 atom stereocenters. The van der Waals surface area contributed by atoms with Crippen LogP contribution in [-0.4, -0.2) is 31.0 Å². The minimum Gasteiger partial charge on any atom is -0.493 e. The molecule has 0 bridgehead atoms. The molecule has 6 aromatic rings. The Labute approximate surface area is 228 Å². The summed E-state index contributed by atoms with van der Waals surface area (Å²) < 4.78 is 15.1. The van der Waals surface area contributed by atoms with Gasteiger partial charge in [-0.2, -0.15) is 14.6 Å². The van der Waals surface area contributed by atoms with Gasteiger partial charge in [0.2, 0.25) is 10.8 Å². The van der Waals surface area contributed by atoms with Crippen molar-refractivity contribution in [3.8, 4) is 34.3 Å². The van der Waals surface area contributed by atoms with E-state index in [0.29, 0.717) is 33.6 Å². The van der Waals surface area contributed by atoms with Gasteiger partial charge in [0.1, 0.15) is 11.4 Å². The zero-order valence-electron chi connectivity index (χ0n) is 21.9. The number of fused-ring (bicyclic) bond motifs is 1. The quantitative estimate of drug-likeness (QED) is 0.253. The summed E-state index contributed by atoms with van der Waals surface area (Å²) in [4.78, 5) is 18.3. The Morgan fingerprint density at radius 2 is 1.92 bits per heavy atom. The van der Waals surface area contributed by atoms with E-state index in [2.05, 4.69) is 30.0 Å². The smallest absolute Gasteiger partial charge is 0.291 e. The maximum Gasteiger partial charge on any atom is 0.291 e. The molecule has 0 aliphatic rings. The van der Waals surface area contributed by atoms with Crippen LogP contribution in [0.5, 0.6) is 5.75 Å². The molecule has 0 amide bonds. The molecular formula is C30H27N5O3S. The Morgan fingerprint density at radius 1 is 1.08 bits per heavy atom. The zero-order chi connectivity index (χ0) is 26.9. The second-order valence-electron chi connectivity index (χ2n) is 9.75. The van der Waals surface area contributed by atoms with Gasteiger partial charge in [-0.1, -0.05) is 43.4 Å². The summed E-state index contributed by atoms with van der Waals surface area (Å²) in [5.74, 6) is 2.36. The van der Waals surface area contributed by atoms with Crippen molar-refractivity contribution in [1.29, 1.82) is 0 Å². The first-order chi connectivity index (χ1) is 19.0. The van der Waals surface area contributed by atoms with Crippen molar-refractivity contribution < 1.29 is 9.15 Å². The number of hydrogen-bond acceptors (Lipinski definition) is 7. The zero-order valence-corrected chi connectivity index (χ0v) is 22.7. The molecular weight excluding hydrogens is 510 g/mol. The fourth-order valence-electron chi connectivity index (χ4n) is 4.28. The average molecular weight is 538 g/mol. The Balaban J connectivity index is 1.42. The molecule has 39 heavy (non-hydrogen) atoms. The van der Waals surface area contributed by atoms with Gasteiger partial charge in [0.25, 0.3) is 5.56 Å².